The van der Waals surface area contributed by atoms with Crippen LogP contribution in [0.5, 0.6) is 5.75 Å². The van der Waals surface area contributed by atoms with Gasteiger partial charge in [0.1, 0.15) is 5.75 Å². The van der Waals surface area contributed by atoms with Crippen LogP contribution >= 0.6 is 0 Å². The van der Waals surface area contributed by atoms with Crippen molar-refractivity contribution in [2.24, 2.45) is 10.7 Å². The Labute approximate surface area is 102 Å². The Morgan fingerprint density at radius 3 is 3.00 bits per heavy atom. The van der Waals surface area contributed by atoms with Crippen molar-refractivity contribution in [1.29, 1.82) is 0 Å². The van der Waals surface area contributed by atoms with E-state index in [1.165, 1.54) is 0 Å². The number of ether oxygens (including phenoxy) is 1. The number of para-hydroxylation sites is 1. The van der Waals surface area contributed by atoms with Gasteiger partial charge in [-0.05, 0) is 19.9 Å². The predicted molar refractivity (Wildman–Crippen MR) is 69.2 cm³/mol. The minimum Gasteiger partial charge on any atom is -0.493 e. The molecule has 0 saturated carbocycles. The molecule has 3 N–H and O–H groups in total. The Morgan fingerprint density at radius 2 is 2.24 bits per heavy atom. The molecule has 1 heterocycles. The lowest BCUT2D eigenvalue weighted by Gasteiger charge is -2.23. The van der Waals surface area contributed by atoms with Crippen molar-refractivity contribution in [2.75, 3.05) is 6.61 Å². The molecule has 0 bridgehead atoms. The van der Waals surface area contributed by atoms with Crippen LogP contribution in [-0.4, -0.2) is 18.6 Å². The topological polar surface area (TPSA) is 59.6 Å². The van der Waals surface area contributed by atoms with E-state index in [0.717, 1.165) is 17.7 Å². The van der Waals surface area contributed by atoms with E-state index >= 15 is 0 Å². The molecule has 0 aliphatic carbocycles. The number of benzene rings is 1. The Morgan fingerprint density at radius 1 is 1.47 bits per heavy atom. The van der Waals surface area contributed by atoms with Crippen LogP contribution in [0.4, 0.5) is 0 Å². The first-order valence-corrected chi connectivity index (χ1v) is 5.98. The lowest BCUT2D eigenvalue weighted by molar-refractivity contribution is 0.269. The highest BCUT2D eigenvalue weighted by Gasteiger charge is 2.20. The average Bonchev–Trinajstić information content (AvgIpc) is 2.28. The summed E-state index contributed by atoms with van der Waals surface area (Å²) in [6.45, 7) is 4.78. The highest BCUT2D eigenvalue weighted by atomic mass is 16.5. The molecule has 1 aromatic carbocycles. The van der Waals surface area contributed by atoms with Crippen molar-refractivity contribution in [3.63, 3.8) is 0 Å². The summed E-state index contributed by atoms with van der Waals surface area (Å²) in [7, 11) is 0. The molecule has 1 unspecified atom stereocenters. The standard InChI is InChI=1S/C13H19N3O/c1-9(2)15-13(14)16-11-7-8-17-12-6-4-3-5-10(11)12/h3-6,9,11H,7-8H2,1-2H3,(H3,14,15,16). The van der Waals surface area contributed by atoms with E-state index in [1.54, 1.807) is 0 Å². The lowest BCUT2D eigenvalue weighted by atomic mass is 10.0. The minimum atomic E-state index is 0.103. The van der Waals surface area contributed by atoms with E-state index < -0.39 is 0 Å². The summed E-state index contributed by atoms with van der Waals surface area (Å²) >= 11 is 0. The second-order valence-corrected chi connectivity index (χ2v) is 4.50. The Kier molecular flexibility index (Phi) is 3.52. The van der Waals surface area contributed by atoms with Gasteiger partial charge in [-0.25, -0.2) is 4.99 Å². The number of fused-ring (bicyclic) bond motifs is 1. The third kappa shape index (κ3) is 2.90. The molecule has 17 heavy (non-hydrogen) atoms. The molecule has 1 aliphatic heterocycles. The summed E-state index contributed by atoms with van der Waals surface area (Å²) in [5.74, 6) is 1.42. The van der Waals surface area contributed by atoms with Gasteiger partial charge in [-0.3, -0.25) is 0 Å². The Bertz CT molecular complexity index is 415. The summed E-state index contributed by atoms with van der Waals surface area (Å²) in [5.41, 5.74) is 6.98. The van der Waals surface area contributed by atoms with Crippen molar-refractivity contribution >= 4 is 5.96 Å². The first-order valence-electron chi connectivity index (χ1n) is 5.98. The maximum atomic E-state index is 5.86. The van der Waals surface area contributed by atoms with E-state index in [9.17, 15) is 0 Å². The van der Waals surface area contributed by atoms with Crippen LogP contribution in [0.3, 0.4) is 0 Å². The van der Waals surface area contributed by atoms with Crippen LogP contribution in [0.15, 0.2) is 29.3 Å². The van der Waals surface area contributed by atoms with Crippen molar-refractivity contribution in [3.8, 4) is 5.75 Å². The maximum absolute atomic E-state index is 5.86. The molecule has 0 spiro atoms. The maximum Gasteiger partial charge on any atom is 0.189 e. The van der Waals surface area contributed by atoms with Crippen molar-refractivity contribution in [2.45, 2.75) is 32.4 Å². The number of nitrogens with two attached hydrogens (primary N) is 1. The fourth-order valence-electron chi connectivity index (χ4n) is 1.96. The number of hydrogen-bond acceptors (Lipinski definition) is 2. The quantitative estimate of drug-likeness (QED) is 0.605. The highest BCUT2D eigenvalue weighted by Crippen LogP contribution is 2.33. The Hall–Kier alpha value is -1.71. The van der Waals surface area contributed by atoms with Gasteiger partial charge in [0.05, 0.1) is 12.6 Å². The zero-order valence-corrected chi connectivity index (χ0v) is 10.3. The molecular weight excluding hydrogens is 214 g/mol. The van der Waals surface area contributed by atoms with Gasteiger partial charge in [-0.1, -0.05) is 18.2 Å². The van der Waals surface area contributed by atoms with E-state index in [2.05, 4.69) is 10.3 Å². The first kappa shape index (κ1) is 11.8. The van der Waals surface area contributed by atoms with E-state index in [4.69, 9.17) is 10.5 Å². The van der Waals surface area contributed by atoms with Crippen LogP contribution in [-0.2, 0) is 0 Å². The van der Waals surface area contributed by atoms with E-state index in [0.29, 0.717) is 18.6 Å². The smallest absolute Gasteiger partial charge is 0.189 e. The van der Waals surface area contributed by atoms with Gasteiger partial charge in [0.15, 0.2) is 5.96 Å². The second kappa shape index (κ2) is 5.08. The summed E-state index contributed by atoms with van der Waals surface area (Å²) in [6, 6.07) is 8.40. The van der Waals surface area contributed by atoms with Gasteiger partial charge in [0.25, 0.3) is 0 Å². The van der Waals surface area contributed by atoms with Gasteiger partial charge in [-0.2, -0.15) is 0 Å². The molecule has 0 amide bonds. The molecule has 2 rings (SSSR count). The second-order valence-electron chi connectivity index (χ2n) is 4.50. The van der Waals surface area contributed by atoms with Gasteiger partial charge in [0.2, 0.25) is 0 Å². The molecule has 0 saturated heterocycles. The third-order valence-corrected chi connectivity index (χ3v) is 2.66. The van der Waals surface area contributed by atoms with Crippen molar-refractivity contribution < 1.29 is 4.74 Å². The number of guanidine groups is 1. The van der Waals surface area contributed by atoms with Gasteiger partial charge in [0, 0.05) is 18.0 Å². The van der Waals surface area contributed by atoms with Crippen LogP contribution in [0.1, 0.15) is 31.9 Å². The number of rotatable bonds is 2. The van der Waals surface area contributed by atoms with E-state index in [-0.39, 0.29) is 6.04 Å². The molecule has 0 aromatic heterocycles. The van der Waals surface area contributed by atoms with Gasteiger partial charge in [-0.15, -0.1) is 0 Å². The third-order valence-electron chi connectivity index (χ3n) is 2.66. The summed E-state index contributed by atoms with van der Waals surface area (Å²) in [6.07, 6.45) is 0.873. The molecule has 92 valence electrons. The van der Waals surface area contributed by atoms with Crippen LogP contribution in [0.25, 0.3) is 0 Å². The van der Waals surface area contributed by atoms with Gasteiger partial charge < -0.3 is 15.8 Å². The van der Waals surface area contributed by atoms with Crippen LogP contribution in [0.2, 0.25) is 0 Å². The number of nitrogens with zero attached hydrogens (tertiary/aromatic N) is 1. The number of nitrogens with one attached hydrogen (secondary N) is 1. The molecule has 1 aromatic rings. The SMILES string of the molecule is CC(C)NC(N)=NC1CCOc2ccccc21. The molecular formula is C13H19N3O. The predicted octanol–water partition coefficient (Wildman–Crippen LogP) is 1.82. The molecule has 4 heteroatoms. The lowest BCUT2D eigenvalue weighted by Crippen LogP contribution is -2.37. The summed E-state index contributed by atoms with van der Waals surface area (Å²) < 4.78 is 5.59. The fraction of sp³-hybridized carbons (Fsp3) is 0.462. The van der Waals surface area contributed by atoms with Crippen molar-refractivity contribution in [1.82, 2.24) is 5.32 Å². The van der Waals surface area contributed by atoms with Crippen LogP contribution in [0, 0.1) is 0 Å². The van der Waals surface area contributed by atoms with Crippen LogP contribution < -0.4 is 15.8 Å². The van der Waals surface area contributed by atoms with E-state index in [1.807, 2.05) is 38.1 Å². The largest absolute Gasteiger partial charge is 0.493 e. The normalized spacial score (nSPS) is 19.7. The van der Waals surface area contributed by atoms with Gasteiger partial charge >= 0.3 is 0 Å². The molecule has 4 nitrogen and oxygen atoms in total. The summed E-state index contributed by atoms with van der Waals surface area (Å²) in [4.78, 5) is 4.52. The Balaban J connectivity index is 2.18. The molecule has 0 radical (unpaired) electrons. The zero-order chi connectivity index (χ0) is 12.3. The number of hydrogen-bond donors (Lipinski definition) is 2. The molecule has 1 atom stereocenters. The summed E-state index contributed by atoms with van der Waals surface area (Å²) in [5, 5.41) is 3.11. The average molecular weight is 233 g/mol. The molecule has 1 aliphatic rings. The monoisotopic (exact) mass is 233 g/mol. The minimum absolute atomic E-state index is 0.103. The van der Waals surface area contributed by atoms with Crippen molar-refractivity contribution in [3.05, 3.63) is 29.8 Å². The molecule has 0 fully saturated rings. The highest BCUT2D eigenvalue weighted by molar-refractivity contribution is 5.78. The first-order chi connectivity index (χ1) is 8.16. The zero-order valence-electron chi connectivity index (χ0n) is 10.3. The fourth-order valence-corrected chi connectivity index (χ4v) is 1.96. The number of aliphatic imine (C=N–C) groups is 1.